The minimum Gasteiger partial charge on any atom is -0.465 e. The summed E-state index contributed by atoms with van der Waals surface area (Å²) in [4.78, 5) is 31.9. The monoisotopic (exact) mass is 364 g/mol. The number of rotatable bonds is 3. The number of nitrogens with zero attached hydrogens (tertiary/aromatic N) is 3. The summed E-state index contributed by atoms with van der Waals surface area (Å²) in [6, 6.07) is 0. The fourth-order valence-electron chi connectivity index (χ4n) is 2.27. The van der Waals surface area contributed by atoms with E-state index in [-0.39, 0.29) is 16.4 Å². The van der Waals surface area contributed by atoms with Crippen molar-refractivity contribution in [2.75, 3.05) is 7.11 Å². The van der Waals surface area contributed by atoms with E-state index in [9.17, 15) is 9.59 Å². The lowest BCUT2D eigenvalue weighted by Gasteiger charge is -1.99. The average molecular weight is 365 g/mol. The van der Waals surface area contributed by atoms with E-state index in [1.54, 1.807) is 37.1 Å². The molecular formula is C15H13ClN4O3S. The maximum atomic E-state index is 12.4. The zero-order chi connectivity index (χ0) is 17.4. The first-order valence-corrected chi connectivity index (χ1v) is 8.08. The van der Waals surface area contributed by atoms with Gasteiger partial charge in [-0.2, -0.15) is 5.10 Å². The molecule has 0 saturated carbocycles. The highest BCUT2D eigenvalue weighted by atomic mass is 35.5. The maximum Gasteiger partial charge on any atom is 0.348 e. The number of aromatic amines is 1. The third kappa shape index (κ3) is 2.85. The number of nitrogens with one attached hydrogen (secondary N) is 1. The van der Waals surface area contributed by atoms with Crippen molar-refractivity contribution in [3.05, 3.63) is 44.6 Å². The number of halogens is 1. The lowest BCUT2D eigenvalue weighted by molar-refractivity contribution is 0.0605. The Balaban J connectivity index is 2.12. The summed E-state index contributed by atoms with van der Waals surface area (Å²) >= 11 is 7.37. The molecule has 3 rings (SSSR count). The Morgan fingerprint density at radius 3 is 2.88 bits per heavy atom. The number of ether oxygens (including phenoxy) is 1. The van der Waals surface area contributed by atoms with Gasteiger partial charge in [-0.1, -0.05) is 11.6 Å². The van der Waals surface area contributed by atoms with Crippen LogP contribution in [-0.2, 0) is 11.8 Å². The van der Waals surface area contributed by atoms with Crippen LogP contribution in [0.3, 0.4) is 0 Å². The molecule has 0 aliphatic heterocycles. The lowest BCUT2D eigenvalue weighted by atomic mass is 10.2. The maximum absolute atomic E-state index is 12.4. The third-order valence-corrected chi connectivity index (χ3v) is 4.87. The van der Waals surface area contributed by atoms with Crippen LogP contribution in [0.4, 0.5) is 0 Å². The molecule has 0 saturated heterocycles. The Hall–Kier alpha value is -2.45. The largest absolute Gasteiger partial charge is 0.465 e. The molecular weight excluding hydrogens is 352 g/mol. The minimum absolute atomic E-state index is 0.232. The van der Waals surface area contributed by atoms with Gasteiger partial charge in [-0.05, 0) is 18.6 Å². The molecule has 0 atom stereocenters. The molecule has 3 aromatic heterocycles. The fourth-order valence-corrected chi connectivity index (χ4v) is 3.59. The summed E-state index contributed by atoms with van der Waals surface area (Å²) in [6.45, 7) is 1.69. The number of fused-ring (bicyclic) bond motifs is 1. The smallest absolute Gasteiger partial charge is 0.348 e. The van der Waals surface area contributed by atoms with E-state index >= 15 is 0 Å². The van der Waals surface area contributed by atoms with E-state index in [1.807, 2.05) is 0 Å². The van der Waals surface area contributed by atoms with E-state index in [0.29, 0.717) is 20.7 Å². The average Bonchev–Trinajstić information content (AvgIpc) is 3.10. The predicted octanol–water partition coefficient (Wildman–Crippen LogP) is 2.55. The van der Waals surface area contributed by atoms with Gasteiger partial charge in [0, 0.05) is 18.8 Å². The molecule has 0 spiro atoms. The highest BCUT2D eigenvalue weighted by Gasteiger charge is 2.20. The first-order chi connectivity index (χ1) is 11.4. The number of carbonyl (C=O) groups excluding carboxylic acids is 1. The minimum atomic E-state index is -0.492. The molecule has 7 nitrogen and oxygen atoms in total. The molecule has 0 radical (unpaired) electrons. The van der Waals surface area contributed by atoms with Gasteiger partial charge in [0.25, 0.3) is 5.56 Å². The predicted molar refractivity (Wildman–Crippen MR) is 93.2 cm³/mol. The van der Waals surface area contributed by atoms with Gasteiger partial charge < -0.3 is 9.72 Å². The number of aromatic nitrogens is 4. The number of hydrogen-bond donors (Lipinski definition) is 1. The van der Waals surface area contributed by atoms with Crippen molar-refractivity contribution in [3.63, 3.8) is 0 Å². The molecule has 0 aliphatic rings. The van der Waals surface area contributed by atoms with E-state index in [4.69, 9.17) is 16.3 Å². The number of hydrogen-bond acceptors (Lipinski definition) is 6. The number of aryl methyl sites for hydroxylation is 2. The highest BCUT2D eigenvalue weighted by molar-refractivity contribution is 7.20. The standard InChI is InChI=1S/C15H13ClN4O3S/c1-7-10-13(21)18-12(9(16)4-8-5-17-20(2)6-8)19-14(10)24-11(7)15(22)23-3/h4-6H,1-3H3,(H,18,19,21)/b9-4-. The molecule has 1 N–H and O–H groups in total. The second-order valence-electron chi connectivity index (χ2n) is 5.08. The Labute approximate surface area is 145 Å². The van der Waals surface area contributed by atoms with E-state index in [0.717, 1.165) is 16.9 Å². The highest BCUT2D eigenvalue weighted by Crippen LogP contribution is 2.29. The van der Waals surface area contributed by atoms with Crippen LogP contribution in [-0.4, -0.2) is 32.8 Å². The number of esters is 1. The summed E-state index contributed by atoms with van der Waals surface area (Å²) in [5, 5.41) is 4.69. The van der Waals surface area contributed by atoms with Crippen LogP contribution < -0.4 is 5.56 Å². The second kappa shape index (κ2) is 6.21. The van der Waals surface area contributed by atoms with Crippen LogP contribution in [0.5, 0.6) is 0 Å². The number of thiophene rings is 1. The molecule has 124 valence electrons. The molecule has 0 unspecified atom stereocenters. The summed E-state index contributed by atoms with van der Waals surface area (Å²) in [6.07, 6.45) is 5.08. The lowest BCUT2D eigenvalue weighted by Crippen LogP contribution is -2.10. The van der Waals surface area contributed by atoms with Crippen molar-refractivity contribution in [2.45, 2.75) is 6.92 Å². The van der Waals surface area contributed by atoms with Gasteiger partial charge in [-0.3, -0.25) is 9.48 Å². The van der Waals surface area contributed by atoms with Gasteiger partial charge in [0.2, 0.25) is 0 Å². The van der Waals surface area contributed by atoms with Crippen molar-refractivity contribution in [2.24, 2.45) is 7.05 Å². The van der Waals surface area contributed by atoms with Crippen molar-refractivity contribution in [1.82, 2.24) is 19.7 Å². The number of H-pyrrole nitrogens is 1. The molecule has 0 bridgehead atoms. The summed E-state index contributed by atoms with van der Waals surface area (Å²) in [7, 11) is 3.09. The van der Waals surface area contributed by atoms with E-state index in [2.05, 4.69) is 15.1 Å². The van der Waals surface area contributed by atoms with Gasteiger partial charge in [0.1, 0.15) is 9.71 Å². The normalized spacial score (nSPS) is 11.9. The molecule has 0 amide bonds. The van der Waals surface area contributed by atoms with Crippen LogP contribution >= 0.6 is 22.9 Å². The Morgan fingerprint density at radius 2 is 2.25 bits per heavy atom. The van der Waals surface area contributed by atoms with Crippen molar-refractivity contribution >= 4 is 50.2 Å². The molecule has 3 aromatic rings. The first kappa shape index (κ1) is 16.4. The van der Waals surface area contributed by atoms with Gasteiger partial charge in [0.05, 0.1) is 23.7 Å². The van der Waals surface area contributed by atoms with E-state index < -0.39 is 5.97 Å². The number of methoxy groups -OCH3 is 1. The molecule has 9 heteroatoms. The SMILES string of the molecule is COC(=O)c1sc2nc(/C(Cl)=C/c3cnn(C)c3)[nH]c(=O)c2c1C. The molecule has 0 aliphatic carbocycles. The second-order valence-corrected chi connectivity index (χ2v) is 6.49. The summed E-state index contributed by atoms with van der Waals surface area (Å²) in [5.41, 5.74) is 0.981. The van der Waals surface area contributed by atoms with Crippen LogP contribution in [0.25, 0.3) is 21.3 Å². The molecule has 0 aromatic carbocycles. The summed E-state index contributed by atoms with van der Waals surface area (Å²) in [5.74, 6) is -0.260. The van der Waals surface area contributed by atoms with Crippen LogP contribution in [0, 0.1) is 6.92 Å². The summed E-state index contributed by atoms with van der Waals surface area (Å²) < 4.78 is 6.37. The van der Waals surface area contributed by atoms with Gasteiger partial charge in [-0.15, -0.1) is 11.3 Å². The Morgan fingerprint density at radius 1 is 1.50 bits per heavy atom. The molecule has 24 heavy (non-hydrogen) atoms. The van der Waals surface area contributed by atoms with Crippen LogP contribution in [0.2, 0.25) is 0 Å². The van der Waals surface area contributed by atoms with Crippen molar-refractivity contribution in [3.8, 4) is 0 Å². The van der Waals surface area contributed by atoms with Gasteiger partial charge >= 0.3 is 5.97 Å². The third-order valence-electron chi connectivity index (χ3n) is 3.42. The molecule has 0 fully saturated rings. The Kier molecular flexibility index (Phi) is 4.25. The van der Waals surface area contributed by atoms with Crippen molar-refractivity contribution < 1.29 is 9.53 Å². The zero-order valence-electron chi connectivity index (χ0n) is 13.1. The fraction of sp³-hybridized carbons (Fsp3) is 0.200. The van der Waals surface area contributed by atoms with Crippen LogP contribution in [0.1, 0.15) is 26.6 Å². The molecule has 3 heterocycles. The quantitative estimate of drug-likeness (QED) is 0.721. The van der Waals surface area contributed by atoms with E-state index in [1.165, 1.54) is 7.11 Å². The van der Waals surface area contributed by atoms with Crippen molar-refractivity contribution in [1.29, 1.82) is 0 Å². The van der Waals surface area contributed by atoms with Gasteiger partial charge in [-0.25, -0.2) is 9.78 Å². The zero-order valence-corrected chi connectivity index (χ0v) is 14.7. The Bertz CT molecular complexity index is 1030. The topological polar surface area (TPSA) is 89.9 Å². The van der Waals surface area contributed by atoms with Gasteiger partial charge in [0.15, 0.2) is 5.82 Å². The first-order valence-electron chi connectivity index (χ1n) is 6.88. The van der Waals surface area contributed by atoms with Crippen LogP contribution in [0.15, 0.2) is 17.2 Å². The number of carbonyl (C=O) groups is 1.